The molecule has 0 saturated carbocycles. The Morgan fingerprint density at radius 2 is 1.94 bits per heavy atom. The summed E-state index contributed by atoms with van der Waals surface area (Å²) >= 11 is 0. The monoisotopic (exact) mass is 259 g/mol. The number of unbranched alkanes of at least 4 members (excludes halogenated alkanes) is 1. The van der Waals surface area contributed by atoms with Gasteiger partial charge in [0.15, 0.2) is 0 Å². The zero-order chi connectivity index (χ0) is 12.9. The fraction of sp³-hybridized carbons (Fsp3) is 1.00. The summed E-state index contributed by atoms with van der Waals surface area (Å²) in [6.07, 6.45) is 6.32. The summed E-state index contributed by atoms with van der Waals surface area (Å²) in [5, 5.41) is 3.31. The van der Waals surface area contributed by atoms with Gasteiger partial charge in [0.1, 0.15) is 0 Å². The van der Waals surface area contributed by atoms with Crippen molar-refractivity contribution in [1.82, 2.24) is 5.32 Å². The Kier molecular flexibility index (Phi) is 10.5. The molecule has 4 heteroatoms. The molecule has 0 amide bonds. The van der Waals surface area contributed by atoms with Crippen molar-refractivity contribution in [2.75, 3.05) is 46.1 Å². The van der Waals surface area contributed by atoms with Gasteiger partial charge in [-0.3, -0.25) is 0 Å². The van der Waals surface area contributed by atoms with Gasteiger partial charge >= 0.3 is 0 Å². The highest BCUT2D eigenvalue weighted by molar-refractivity contribution is 4.62. The van der Waals surface area contributed by atoms with E-state index in [0.29, 0.717) is 6.10 Å². The van der Waals surface area contributed by atoms with E-state index in [-0.39, 0.29) is 0 Å². The van der Waals surface area contributed by atoms with E-state index in [0.717, 1.165) is 59.0 Å². The highest BCUT2D eigenvalue weighted by atomic mass is 16.5. The average molecular weight is 259 g/mol. The minimum Gasteiger partial charge on any atom is -0.380 e. The number of nitrogens with one attached hydrogen (secondary N) is 1. The standard InChI is InChI=1S/C14H29NO3/c1-2-3-9-16-11-7-15-8-12-17-13-14-6-4-5-10-18-14/h14-15H,2-13H2,1H3. The first-order valence-corrected chi connectivity index (χ1v) is 7.41. The van der Waals surface area contributed by atoms with Gasteiger partial charge in [0.25, 0.3) is 0 Å². The maximum atomic E-state index is 5.60. The zero-order valence-corrected chi connectivity index (χ0v) is 11.8. The minimum atomic E-state index is 0.330. The van der Waals surface area contributed by atoms with Gasteiger partial charge in [0.05, 0.1) is 25.9 Å². The second-order valence-corrected chi connectivity index (χ2v) is 4.78. The van der Waals surface area contributed by atoms with Gasteiger partial charge in [-0.15, -0.1) is 0 Å². The third-order valence-electron chi connectivity index (χ3n) is 3.07. The number of hydrogen-bond acceptors (Lipinski definition) is 4. The second-order valence-electron chi connectivity index (χ2n) is 4.78. The normalized spacial score (nSPS) is 20.2. The average Bonchev–Trinajstić information content (AvgIpc) is 2.42. The van der Waals surface area contributed by atoms with Gasteiger partial charge in [-0.1, -0.05) is 13.3 Å². The molecule has 0 spiro atoms. The van der Waals surface area contributed by atoms with Crippen LogP contribution in [0.5, 0.6) is 0 Å². The number of hydrogen-bond donors (Lipinski definition) is 1. The van der Waals surface area contributed by atoms with Gasteiger partial charge in [0.2, 0.25) is 0 Å². The quantitative estimate of drug-likeness (QED) is 0.576. The Labute approximate surface area is 111 Å². The Bertz CT molecular complexity index is 172. The van der Waals surface area contributed by atoms with Crippen LogP contribution in [0.15, 0.2) is 0 Å². The maximum Gasteiger partial charge on any atom is 0.0808 e. The third-order valence-corrected chi connectivity index (χ3v) is 3.07. The smallest absolute Gasteiger partial charge is 0.0808 e. The molecule has 1 N–H and O–H groups in total. The number of rotatable bonds is 11. The molecule has 108 valence electrons. The molecule has 0 aromatic carbocycles. The van der Waals surface area contributed by atoms with Gasteiger partial charge < -0.3 is 19.5 Å². The van der Waals surface area contributed by atoms with E-state index in [9.17, 15) is 0 Å². The van der Waals surface area contributed by atoms with Crippen LogP contribution in [0.4, 0.5) is 0 Å². The van der Waals surface area contributed by atoms with Crippen LogP contribution in [-0.4, -0.2) is 52.2 Å². The topological polar surface area (TPSA) is 39.7 Å². The van der Waals surface area contributed by atoms with Gasteiger partial charge in [-0.05, 0) is 25.7 Å². The first-order chi connectivity index (χ1) is 8.93. The molecule has 1 aliphatic rings. The largest absolute Gasteiger partial charge is 0.380 e. The molecule has 1 unspecified atom stereocenters. The Morgan fingerprint density at radius 1 is 1.11 bits per heavy atom. The molecule has 1 rings (SSSR count). The van der Waals surface area contributed by atoms with Gasteiger partial charge in [-0.2, -0.15) is 0 Å². The molecule has 4 nitrogen and oxygen atoms in total. The van der Waals surface area contributed by atoms with Crippen LogP contribution in [0, 0.1) is 0 Å². The van der Waals surface area contributed by atoms with E-state index in [1.807, 2.05) is 0 Å². The molecular weight excluding hydrogens is 230 g/mol. The van der Waals surface area contributed by atoms with Crippen molar-refractivity contribution >= 4 is 0 Å². The lowest BCUT2D eigenvalue weighted by Gasteiger charge is -2.22. The lowest BCUT2D eigenvalue weighted by Crippen LogP contribution is -2.28. The highest BCUT2D eigenvalue weighted by Crippen LogP contribution is 2.12. The fourth-order valence-corrected chi connectivity index (χ4v) is 1.92. The molecule has 18 heavy (non-hydrogen) atoms. The molecule has 1 heterocycles. The Morgan fingerprint density at radius 3 is 2.67 bits per heavy atom. The predicted molar refractivity (Wildman–Crippen MR) is 73.0 cm³/mol. The van der Waals surface area contributed by atoms with Crippen LogP contribution in [0.1, 0.15) is 39.0 Å². The van der Waals surface area contributed by atoms with E-state index in [1.54, 1.807) is 0 Å². The first kappa shape index (κ1) is 15.9. The van der Waals surface area contributed by atoms with Crippen LogP contribution in [-0.2, 0) is 14.2 Å². The molecule has 1 saturated heterocycles. The molecule has 1 aliphatic heterocycles. The van der Waals surface area contributed by atoms with E-state index < -0.39 is 0 Å². The van der Waals surface area contributed by atoms with Crippen LogP contribution < -0.4 is 5.32 Å². The SMILES string of the molecule is CCCCOCCNCCOCC1CCCCO1. The summed E-state index contributed by atoms with van der Waals surface area (Å²) in [6.45, 7) is 8.07. The summed E-state index contributed by atoms with van der Waals surface area (Å²) in [5.41, 5.74) is 0. The molecule has 1 atom stereocenters. The minimum absolute atomic E-state index is 0.330. The van der Waals surface area contributed by atoms with Crippen molar-refractivity contribution < 1.29 is 14.2 Å². The first-order valence-electron chi connectivity index (χ1n) is 7.41. The van der Waals surface area contributed by atoms with Crippen molar-refractivity contribution in [1.29, 1.82) is 0 Å². The van der Waals surface area contributed by atoms with E-state index in [4.69, 9.17) is 14.2 Å². The van der Waals surface area contributed by atoms with Crippen molar-refractivity contribution in [2.24, 2.45) is 0 Å². The summed E-state index contributed by atoms with van der Waals surface area (Å²) in [6, 6.07) is 0. The summed E-state index contributed by atoms with van der Waals surface area (Å²) in [4.78, 5) is 0. The van der Waals surface area contributed by atoms with E-state index in [1.165, 1.54) is 19.3 Å². The van der Waals surface area contributed by atoms with Crippen LogP contribution in [0.3, 0.4) is 0 Å². The Balaban J connectivity index is 1.73. The second kappa shape index (κ2) is 11.9. The molecule has 0 aromatic heterocycles. The summed E-state index contributed by atoms with van der Waals surface area (Å²) < 4.78 is 16.6. The summed E-state index contributed by atoms with van der Waals surface area (Å²) in [7, 11) is 0. The molecule has 0 aromatic rings. The van der Waals surface area contributed by atoms with Crippen molar-refractivity contribution in [2.45, 2.75) is 45.1 Å². The van der Waals surface area contributed by atoms with Crippen LogP contribution in [0.25, 0.3) is 0 Å². The number of ether oxygens (including phenoxy) is 3. The van der Waals surface area contributed by atoms with Gasteiger partial charge in [0, 0.05) is 26.3 Å². The van der Waals surface area contributed by atoms with Crippen molar-refractivity contribution in [3.05, 3.63) is 0 Å². The van der Waals surface area contributed by atoms with Gasteiger partial charge in [-0.25, -0.2) is 0 Å². The Hall–Kier alpha value is -0.160. The molecule has 0 radical (unpaired) electrons. The van der Waals surface area contributed by atoms with Crippen LogP contribution in [0.2, 0.25) is 0 Å². The lowest BCUT2D eigenvalue weighted by molar-refractivity contribution is -0.0399. The van der Waals surface area contributed by atoms with Crippen molar-refractivity contribution in [3.8, 4) is 0 Å². The van der Waals surface area contributed by atoms with E-state index >= 15 is 0 Å². The lowest BCUT2D eigenvalue weighted by atomic mass is 10.1. The van der Waals surface area contributed by atoms with Crippen molar-refractivity contribution in [3.63, 3.8) is 0 Å². The molecular formula is C14H29NO3. The maximum absolute atomic E-state index is 5.60. The molecule has 0 aliphatic carbocycles. The zero-order valence-electron chi connectivity index (χ0n) is 11.8. The predicted octanol–water partition coefficient (Wildman–Crippen LogP) is 1.98. The highest BCUT2D eigenvalue weighted by Gasteiger charge is 2.13. The molecule has 1 fully saturated rings. The molecule has 0 bridgehead atoms. The summed E-state index contributed by atoms with van der Waals surface area (Å²) in [5.74, 6) is 0. The van der Waals surface area contributed by atoms with E-state index in [2.05, 4.69) is 12.2 Å². The third kappa shape index (κ3) is 8.86. The fourth-order valence-electron chi connectivity index (χ4n) is 1.92. The van der Waals surface area contributed by atoms with Crippen LogP contribution >= 0.6 is 0 Å².